The van der Waals surface area contributed by atoms with Crippen molar-refractivity contribution in [3.63, 3.8) is 0 Å². The third kappa shape index (κ3) is 2.73. The summed E-state index contributed by atoms with van der Waals surface area (Å²) in [5.74, 6) is -1.59. The maximum Gasteiger partial charge on any atom is 0.338 e. The molecule has 1 fully saturated rings. The molecule has 0 bridgehead atoms. The third-order valence-corrected chi connectivity index (χ3v) is 3.36. The van der Waals surface area contributed by atoms with E-state index in [0.717, 1.165) is 19.3 Å². The van der Waals surface area contributed by atoms with Crippen LogP contribution < -0.4 is 0 Å². The van der Waals surface area contributed by atoms with Crippen molar-refractivity contribution in [2.24, 2.45) is 0 Å². The number of aromatic nitrogens is 1. The molecule has 1 heterocycles. The molecular formula is C13H16N2O4. The Morgan fingerprint density at radius 2 is 2.16 bits per heavy atom. The average molecular weight is 264 g/mol. The lowest BCUT2D eigenvalue weighted by atomic mass is 9.91. The number of nitrogens with zero attached hydrogens (tertiary/aromatic N) is 2. The Bertz CT molecular complexity index is 485. The smallest absolute Gasteiger partial charge is 0.338 e. The normalized spacial score (nSPS) is 14.8. The number of carboxylic acids is 1. The van der Waals surface area contributed by atoms with Crippen molar-refractivity contribution >= 4 is 11.9 Å². The summed E-state index contributed by atoms with van der Waals surface area (Å²) in [5.41, 5.74) is -0.162. The van der Waals surface area contributed by atoms with Gasteiger partial charge in [-0.15, -0.1) is 0 Å². The van der Waals surface area contributed by atoms with Crippen molar-refractivity contribution in [3.05, 3.63) is 29.6 Å². The predicted octanol–water partition coefficient (Wildman–Crippen LogP) is 0.767. The number of aliphatic hydroxyl groups excluding tert-OH is 1. The van der Waals surface area contributed by atoms with Crippen molar-refractivity contribution in [1.29, 1.82) is 0 Å². The van der Waals surface area contributed by atoms with Crippen LogP contribution >= 0.6 is 0 Å². The molecule has 6 nitrogen and oxygen atoms in total. The number of aromatic carboxylic acids is 1. The zero-order valence-electron chi connectivity index (χ0n) is 10.5. The molecule has 0 aliphatic heterocycles. The number of pyridine rings is 1. The lowest BCUT2D eigenvalue weighted by molar-refractivity contribution is 0.0510. The van der Waals surface area contributed by atoms with Crippen LogP contribution in [-0.2, 0) is 0 Å². The van der Waals surface area contributed by atoms with Gasteiger partial charge in [-0.25, -0.2) is 4.79 Å². The summed E-state index contributed by atoms with van der Waals surface area (Å²) in [4.78, 5) is 28.9. The van der Waals surface area contributed by atoms with Crippen LogP contribution in [0.5, 0.6) is 0 Å². The minimum Gasteiger partial charge on any atom is -0.478 e. The summed E-state index contributed by atoms with van der Waals surface area (Å²) in [6, 6.07) is 2.93. The number of carbonyl (C=O) groups excluding carboxylic acids is 1. The van der Waals surface area contributed by atoms with Crippen molar-refractivity contribution in [1.82, 2.24) is 9.88 Å². The zero-order valence-corrected chi connectivity index (χ0v) is 10.5. The molecule has 19 heavy (non-hydrogen) atoms. The maximum absolute atomic E-state index is 12.4. The highest BCUT2D eigenvalue weighted by Gasteiger charge is 2.31. The second-order valence-corrected chi connectivity index (χ2v) is 4.51. The van der Waals surface area contributed by atoms with Crippen LogP contribution in [0.1, 0.15) is 40.1 Å². The molecule has 0 saturated heterocycles. The minimum absolute atomic E-state index is 0.0599. The summed E-state index contributed by atoms with van der Waals surface area (Å²) in [6.07, 6.45) is 4.23. The second kappa shape index (κ2) is 5.79. The Kier molecular flexibility index (Phi) is 4.11. The van der Waals surface area contributed by atoms with E-state index >= 15 is 0 Å². The molecule has 0 spiro atoms. The van der Waals surface area contributed by atoms with E-state index in [-0.39, 0.29) is 30.5 Å². The van der Waals surface area contributed by atoms with Crippen molar-refractivity contribution in [3.8, 4) is 0 Å². The monoisotopic (exact) mass is 264 g/mol. The van der Waals surface area contributed by atoms with Crippen molar-refractivity contribution in [2.45, 2.75) is 25.3 Å². The number of aliphatic hydroxyl groups is 1. The molecule has 0 aromatic carbocycles. The molecule has 2 N–H and O–H groups in total. The highest BCUT2D eigenvalue weighted by atomic mass is 16.4. The van der Waals surface area contributed by atoms with Gasteiger partial charge in [0.15, 0.2) is 0 Å². The summed E-state index contributed by atoms with van der Waals surface area (Å²) in [5, 5.41) is 18.1. The first-order chi connectivity index (χ1) is 9.15. The lowest BCUT2D eigenvalue weighted by Crippen LogP contribution is -2.46. The van der Waals surface area contributed by atoms with Gasteiger partial charge in [0.05, 0.1) is 12.2 Å². The Labute approximate surface area is 110 Å². The number of hydrogen-bond acceptors (Lipinski definition) is 4. The van der Waals surface area contributed by atoms with Gasteiger partial charge in [0.1, 0.15) is 5.69 Å². The SMILES string of the molecule is O=C(O)c1cccnc1C(=O)N(CCO)C1CCC1. The fourth-order valence-corrected chi connectivity index (χ4v) is 2.14. The van der Waals surface area contributed by atoms with Gasteiger partial charge in [-0.3, -0.25) is 9.78 Å². The van der Waals surface area contributed by atoms with Crippen LogP contribution in [0.15, 0.2) is 18.3 Å². The maximum atomic E-state index is 12.4. The summed E-state index contributed by atoms with van der Waals surface area (Å²) < 4.78 is 0. The fourth-order valence-electron chi connectivity index (χ4n) is 2.14. The van der Waals surface area contributed by atoms with Gasteiger partial charge in [0, 0.05) is 18.8 Å². The Morgan fingerprint density at radius 1 is 1.42 bits per heavy atom. The van der Waals surface area contributed by atoms with Crippen LogP contribution in [0.2, 0.25) is 0 Å². The molecule has 6 heteroatoms. The number of hydrogen-bond donors (Lipinski definition) is 2. The number of carboxylic acid groups (broad SMARTS) is 1. The van der Waals surface area contributed by atoms with E-state index in [0.29, 0.717) is 0 Å². The van der Waals surface area contributed by atoms with Crippen LogP contribution in [0, 0.1) is 0 Å². The number of rotatable bonds is 5. The Hall–Kier alpha value is -1.95. The molecule has 0 radical (unpaired) electrons. The standard InChI is InChI=1S/C13H16N2O4/c16-8-7-15(9-3-1-4-9)12(17)11-10(13(18)19)5-2-6-14-11/h2,5-6,9,16H,1,3-4,7-8H2,(H,18,19). The molecule has 1 amide bonds. The fraction of sp³-hybridized carbons (Fsp3) is 0.462. The lowest BCUT2D eigenvalue weighted by Gasteiger charge is -2.37. The van der Waals surface area contributed by atoms with Crippen LogP contribution in [0.3, 0.4) is 0 Å². The van der Waals surface area contributed by atoms with Gasteiger partial charge in [-0.05, 0) is 31.4 Å². The van der Waals surface area contributed by atoms with Gasteiger partial charge in [-0.1, -0.05) is 0 Å². The predicted molar refractivity (Wildman–Crippen MR) is 67.0 cm³/mol. The van der Waals surface area contributed by atoms with Crippen molar-refractivity contribution in [2.75, 3.05) is 13.2 Å². The summed E-state index contributed by atoms with van der Waals surface area (Å²) >= 11 is 0. The van der Waals surface area contributed by atoms with Crippen molar-refractivity contribution < 1.29 is 19.8 Å². The molecule has 2 rings (SSSR count). The highest BCUT2D eigenvalue weighted by molar-refractivity contribution is 6.03. The van der Waals surface area contributed by atoms with E-state index in [1.165, 1.54) is 23.2 Å². The molecule has 1 saturated carbocycles. The van der Waals surface area contributed by atoms with Gasteiger partial charge in [0.2, 0.25) is 0 Å². The molecule has 0 unspecified atom stereocenters. The third-order valence-electron chi connectivity index (χ3n) is 3.36. The zero-order chi connectivity index (χ0) is 13.8. The van der Waals surface area contributed by atoms with Crippen LogP contribution in [0.25, 0.3) is 0 Å². The molecule has 102 valence electrons. The quantitative estimate of drug-likeness (QED) is 0.819. The largest absolute Gasteiger partial charge is 0.478 e. The van der Waals surface area contributed by atoms with Gasteiger partial charge < -0.3 is 15.1 Å². The number of carbonyl (C=O) groups is 2. The minimum atomic E-state index is -1.17. The first kappa shape index (κ1) is 13.5. The first-order valence-corrected chi connectivity index (χ1v) is 6.25. The molecule has 0 atom stereocenters. The topological polar surface area (TPSA) is 90.7 Å². The van der Waals surface area contributed by atoms with Gasteiger partial charge in [-0.2, -0.15) is 0 Å². The second-order valence-electron chi connectivity index (χ2n) is 4.51. The van der Waals surface area contributed by atoms with E-state index in [9.17, 15) is 9.59 Å². The van der Waals surface area contributed by atoms with Gasteiger partial charge in [0.25, 0.3) is 5.91 Å². The Balaban J connectivity index is 2.28. The summed E-state index contributed by atoms with van der Waals surface area (Å²) in [6.45, 7) is 0.0661. The van der Waals surface area contributed by atoms with E-state index < -0.39 is 11.9 Å². The van der Waals surface area contributed by atoms with E-state index in [4.69, 9.17) is 10.2 Å². The van der Waals surface area contributed by atoms with E-state index in [2.05, 4.69) is 4.98 Å². The van der Waals surface area contributed by atoms with E-state index in [1.807, 2.05) is 0 Å². The number of amides is 1. The van der Waals surface area contributed by atoms with Crippen LogP contribution in [-0.4, -0.2) is 51.2 Å². The molecule has 1 aromatic heterocycles. The molecule has 1 aromatic rings. The Morgan fingerprint density at radius 3 is 2.68 bits per heavy atom. The van der Waals surface area contributed by atoms with Crippen LogP contribution in [0.4, 0.5) is 0 Å². The molecular weight excluding hydrogens is 248 g/mol. The molecule has 1 aliphatic rings. The first-order valence-electron chi connectivity index (χ1n) is 6.25. The highest BCUT2D eigenvalue weighted by Crippen LogP contribution is 2.26. The summed E-state index contributed by atoms with van der Waals surface area (Å²) in [7, 11) is 0. The average Bonchev–Trinajstić information content (AvgIpc) is 2.35. The van der Waals surface area contributed by atoms with Gasteiger partial charge >= 0.3 is 5.97 Å². The molecule has 1 aliphatic carbocycles. The van der Waals surface area contributed by atoms with E-state index in [1.54, 1.807) is 0 Å².